The average molecular weight is 363 g/mol. The van der Waals surface area contributed by atoms with Crippen LogP contribution in [0.1, 0.15) is 16.8 Å². The molecule has 0 aliphatic heterocycles. The van der Waals surface area contributed by atoms with Gasteiger partial charge >= 0.3 is 0 Å². The maximum absolute atomic E-state index is 6.07. The van der Waals surface area contributed by atoms with Crippen LogP contribution in [0, 0.1) is 13.8 Å². The Morgan fingerprint density at radius 2 is 1.71 bits per heavy atom. The van der Waals surface area contributed by atoms with E-state index in [2.05, 4.69) is 10.2 Å². The van der Waals surface area contributed by atoms with Crippen LogP contribution in [0.5, 0.6) is 11.6 Å². The van der Waals surface area contributed by atoms with Gasteiger partial charge in [0.1, 0.15) is 10.7 Å². The van der Waals surface area contributed by atoms with Crippen molar-refractivity contribution in [2.45, 2.75) is 13.8 Å². The SMILES string of the molecule is Cc1nnc(Oc2cc(Cl)c(Cl)cc2Cl)c(C(N)=S)c1C. The van der Waals surface area contributed by atoms with Crippen molar-refractivity contribution in [2.24, 2.45) is 5.73 Å². The number of rotatable bonds is 3. The Balaban J connectivity index is 2.52. The van der Waals surface area contributed by atoms with Gasteiger partial charge in [0.05, 0.1) is 26.3 Å². The van der Waals surface area contributed by atoms with Gasteiger partial charge < -0.3 is 10.5 Å². The van der Waals surface area contributed by atoms with Crippen LogP contribution < -0.4 is 10.5 Å². The van der Waals surface area contributed by atoms with Crippen LogP contribution in [-0.2, 0) is 0 Å². The highest BCUT2D eigenvalue weighted by atomic mass is 35.5. The molecule has 2 aromatic rings. The summed E-state index contributed by atoms with van der Waals surface area (Å²) in [6.45, 7) is 3.64. The Bertz CT molecular complexity index is 737. The van der Waals surface area contributed by atoms with E-state index in [1.165, 1.54) is 12.1 Å². The first-order valence-corrected chi connectivity index (χ1v) is 7.31. The predicted octanol–water partition coefficient (Wildman–Crippen LogP) is 4.48. The summed E-state index contributed by atoms with van der Waals surface area (Å²) in [6.07, 6.45) is 0. The summed E-state index contributed by atoms with van der Waals surface area (Å²) >= 11 is 22.9. The van der Waals surface area contributed by atoms with Gasteiger partial charge in [0, 0.05) is 6.07 Å². The van der Waals surface area contributed by atoms with E-state index in [9.17, 15) is 0 Å². The van der Waals surface area contributed by atoms with Crippen LogP contribution >= 0.6 is 47.0 Å². The molecule has 0 aliphatic carbocycles. The van der Waals surface area contributed by atoms with E-state index in [0.717, 1.165) is 5.56 Å². The van der Waals surface area contributed by atoms with Crippen molar-refractivity contribution in [2.75, 3.05) is 0 Å². The van der Waals surface area contributed by atoms with Crippen LogP contribution in [0.3, 0.4) is 0 Å². The zero-order valence-electron chi connectivity index (χ0n) is 11.1. The molecule has 0 fully saturated rings. The molecule has 1 aromatic heterocycles. The number of aryl methyl sites for hydroxylation is 1. The molecule has 0 saturated heterocycles. The molecule has 0 spiro atoms. The van der Waals surface area contributed by atoms with Crippen LogP contribution in [0.2, 0.25) is 15.1 Å². The largest absolute Gasteiger partial charge is 0.435 e. The number of thiocarbonyl (C=S) groups is 1. The van der Waals surface area contributed by atoms with E-state index in [0.29, 0.717) is 32.1 Å². The molecule has 4 nitrogen and oxygen atoms in total. The lowest BCUT2D eigenvalue weighted by molar-refractivity contribution is 0.453. The van der Waals surface area contributed by atoms with Gasteiger partial charge in [-0.25, -0.2) is 0 Å². The van der Waals surface area contributed by atoms with Crippen molar-refractivity contribution in [3.8, 4) is 11.6 Å². The van der Waals surface area contributed by atoms with Gasteiger partial charge in [0.15, 0.2) is 0 Å². The molecule has 0 unspecified atom stereocenters. The molecule has 0 saturated carbocycles. The van der Waals surface area contributed by atoms with Gasteiger partial charge in [-0.2, -0.15) is 5.10 Å². The Morgan fingerprint density at radius 1 is 1.10 bits per heavy atom. The second-order valence-electron chi connectivity index (χ2n) is 4.25. The van der Waals surface area contributed by atoms with Crippen LogP contribution in [-0.4, -0.2) is 15.2 Å². The van der Waals surface area contributed by atoms with Gasteiger partial charge in [-0.1, -0.05) is 47.0 Å². The highest BCUT2D eigenvalue weighted by Crippen LogP contribution is 2.37. The predicted molar refractivity (Wildman–Crippen MR) is 88.9 cm³/mol. The lowest BCUT2D eigenvalue weighted by Gasteiger charge is -2.13. The zero-order valence-corrected chi connectivity index (χ0v) is 14.2. The fourth-order valence-electron chi connectivity index (χ4n) is 1.64. The summed E-state index contributed by atoms with van der Waals surface area (Å²) in [5.41, 5.74) is 7.76. The van der Waals surface area contributed by atoms with Gasteiger partial charge in [-0.15, -0.1) is 5.10 Å². The van der Waals surface area contributed by atoms with Crippen molar-refractivity contribution in [1.29, 1.82) is 0 Å². The number of nitrogens with two attached hydrogens (primary N) is 1. The number of hydrogen-bond acceptors (Lipinski definition) is 4. The first-order chi connectivity index (χ1) is 9.81. The Hall–Kier alpha value is -1.14. The maximum atomic E-state index is 6.07. The monoisotopic (exact) mass is 361 g/mol. The minimum atomic E-state index is 0.164. The van der Waals surface area contributed by atoms with Crippen molar-refractivity contribution in [3.05, 3.63) is 44.0 Å². The van der Waals surface area contributed by atoms with E-state index in [-0.39, 0.29) is 10.9 Å². The van der Waals surface area contributed by atoms with Crippen molar-refractivity contribution in [1.82, 2.24) is 10.2 Å². The molecule has 110 valence electrons. The summed E-state index contributed by atoms with van der Waals surface area (Å²) in [4.78, 5) is 0.164. The van der Waals surface area contributed by atoms with Crippen molar-refractivity contribution >= 4 is 52.0 Å². The second-order valence-corrected chi connectivity index (χ2v) is 5.92. The third-order valence-corrected chi connectivity index (χ3v) is 4.07. The number of aromatic nitrogens is 2. The third-order valence-electron chi connectivity index (χ3n) is 2.85. The fraction of sp³-hybridized carbons (Fsp3) is 0.154. The number of ether oxygens (including phenoxy) is 1. The summed E-state index contributed by atoms with van der Waals surface area (Å²) in [5, 5.41) is 8.90. The zero-order chi connectivity index (χ0) is 15.7. The Labute approximate surface area is 142 Å². The molecule has 2 rings (SSSR count). The van der Waals surface area contributed by atoms with E-state index in [1.807, 2.05) is 6.92 Å². The quantitative estimate of drug-likeness (QED) is 0.644. The van der Waals surface area contributed by atoms with Gasteiger partial charge in [0.2, 0.25) is 5.88 Å². The molecule has 21 heavy (non-hydrogen) atoms. The average Bonchev–Trinajstić information content (AvgIpc) is 2.40. The maximum Gasteiger partial charge on any atom is 0.249 e. The standard InChI is InChI=1S/C13H10Cl3N3OS/c1-5-6(2)18-19-13(11(5)12(17)21)20-10-4-8(15)7(14)3-9(10)16/h3-4H,1-2H3,(H2,17,21). The lowest BCUT2D eigenvalue weighted by atomic mass is 10.1. The van der Waals surface area contributed by atoms with Gasteiger partial charge in [0.25, 0.3) is 0 Å². The van der Waals surface area contributed by atoms with Crippen LogP contribution in [0.4, 0.5) is 0 Å². The minimum absolute atomic E-state index is 0.164. The van der Waals surface area contributed by atoms with E-state index < -0.39 is 0 Å². The number of halogens is 3. The third kappa shape index (κ3) is 3.37. The molecule has 0 radical (unpaired) electrons. The second kappa shape index (κ2) is 6.32. The van der Waals surface area contributed by atoms with Gasteiger partial charge in [-0.05, 0) is 25.5 Å². The molecule has 1 aromatic carbocycles. The highest BCUT2D eigenvalue weighted by molar-refractivity contribution is 7.80. The van der Waals surface area contributed by atoms with Crippen LogP contribution in [0.15, 0.2) is 12.1 Å². The van der Waals surface area contributed by atoms with E-state index in [1.54, 1.807) is 6.92 Å². The summed E-state index contributed by atoms with van der Waals surface area (Å²) < 4.78 is 5.66. The lowest BCUT2D eigenvalue weighted by Crippen LogP contribution is -2.15. The molecular formula is C13H10Cl3N3OS. The minimum Gasteiger partial charge on any atom is -0.435 e. The smallest absolute Gasteiger partial charge is 0.249 e. The molecule has 0 aliphatic rings. The normalized spacial score (nSPS) is 10.5. The van der Waals surface area contributed by atoms with Crippen LogP contribution in [0.25, 0.3) is 0 Å². The summed E-state index contributed by atoms with van der Waals surface area (Å²) in [7, 11) is 0. The molecule has 2 N–H and O–H groups in total. The number of benzene rings is 1. The Kier molecular flexibility index (Phi) is 4.88. The first kappa shape index (κ1) is 16.2. The van der Waals surface area contributed by atoms with E-state index in [4.69, 9.17) is 57.5 Å². The molecule has 0 amide bonds. The summed E-state index contributed by atoms with van der Waals surface area (Å²) in [6, 6.07) is 2.97. The molecule has 0 bridgehead atoms. The van der Waals surface area contributed by atoms with Crippen molar-refractivity contribution < 1.29 is 4.74 Å². The Morgan fingerprint density at radius 3 is 2.33 bits per heavy atom. The fourth-order valence-corrected chi connectivity index (χ4v) is 2.45. The molecule has 8 heteroatoms. The van der Waals surface area contributed by atoms with E-state index >= 15 is 0 Å². The summed E-state index contributed by atoms with van der Waals surface area (Å²) in [5.74, 6) is 0.465. The molecule has 1 heterocycles. The topological polar surface area (TPSA) is 61.0 Å². The number of nitrogens with zero attached hydrogens (tertiary/aromatic N) is 2. The molecular weight excluding hydrogens is 353 g/mol. The molecule has 0 atom stereocenters. The highest BCUT2D eigenvalue weighted by Gasteiger charge is 2.17. The first-order valence-electron chi connectivity index (χ1n) is 5.77. The van der Waals surface area contributed by atoms with Crippen molar-refractivity contribution in [3.63, 3.8) is 0 Å². The number of hydrogen-bond donors (Lipinski definition) is 1. The van der Waals surface area contributed by atoms with Gasteiger partial charge in [-0.3, -0.25) is 0 Å².